The van der Waals surface area contributed by atoms with Crippen molar-refractivity contribution in [3.05, 3.63) is 68.8 Å². The van der Waals surface area contributed by atoms with Crippen LogP contribution in [0.25, 0.3) is 22.6 Å². The number of rotatable bonds is 6. The van der Waals surface area contributed by atoms with Crippen molar-refractivity contribution in [2.75, 3.05) is 5.32 Å². The minimum Gasteiger partial charge on any atom is -0.302 e. The molecule has 2 aromatic carbocycles. The summed E-state index contributed by atoms with van der Waals surface area (Å²) in [5.74, 6) is 0.620. The van der Waals surface area contributed by atoms with Crippen LogP contribution in [0.2, 0.25) is 0 Å². The summed E-state index contributed by atoms with van der Waals surface area (Å²) >= 11 is 6.81. The van der Waals surface area contributed by atoms with Gasteiger partial charge in [0.15, 0.2) is 15.7 Å². The number of hydrogen-bond acceptors (Lipinski definition) is 5. The molecule has 4 rings (SSSR count). The molecule has 32 heavy (non-hydrogen) atoms. The lowest BCUT2D eigenvalue weighted by Crippen LogP contribution is -2.15. The van der Waals surface area contributed by atoms with Gasteiger partial charge in [0, 0.05) is 29.5 Å². The van der Waals surface area contributed by atoms with Gasteiger partial charge in [-0.05, 0) is 68.7 Å². The van der Waals surface area contributed by atoms with Crippen molar-refractivity contribution in [2.24, 2.45) is 0 Å². The molecule has 164 valence electrons. The molecule has 2 N–H and O–H groups in total. The van der Waals surface area contributed by atoms with Crippen molar-refractivity contribution in [3.8, 4) is 22.6 Å². The summed E-state index contributed by atoms with van der Waals surface area (Å²) in [4.78, 5) is 17.2. The number of carbonyl (C=O) groups is 1. The Morgan fingerprint density at radius 2 is 1.91 bits per heavy atom. The molecule has 0 radical (unpaired) electrons. The van der Waals surface area contributed by atoms with E-state index >= 15 is 0 Å². The minimum absolute atomic E-state index is 0.110. The lowest BCUT2D eigenvalue weighted by Gasteiger charge is -2.08. The first-order valence-corrected chi connectivity index (χ1v) is 11.7. The molecule has 0 aliphatic rings. The van der Waals surface area contributed by atoms with E-state index in [-0.39, 0.29) is 12.3 Å². The lowest BCUT2D eigenvalue weighted by molar-refractivity contribution is -0.116. The predicted molar refractivity (Wildman–Crippen MR) is 133 cm³/mol. The van der Waals surface area contributed by atoms with Crippen LogP contribution in [-0.2, 0) is 11.3 Å². The van der Waals surface area contributed by atoms with E-state index in [1.165, 1.54) is 28.0 Å². The second-order valence-corrected chi connectivity index (χ2v) is 9.21. The molecule has 6 nitrogen and oxygen atoms in total. The molecule has 0 unspecified atom stereocenters. The number of nitrogens with one attached hydrogen (secondary N) is 2. The number of nitrogens with zero attached hydrogens (tertiary/aromatic N) is 3. The average molecular weight is 464 g/mol. The van der Waals surface area contributed by atoms with Gasteiger partial charge in [-0.25, -0.2) is 4.98 Å². The minimum atomic E-state index is -0.110. The van der Waals surface area contributed by atoms with Gasteiger partial charge in [-0.3, -0.25) is 14.5 Å². The molecule has 0 saturated carbocycles. The Labute approximate surface area is 196 Å². The SMILES string of the molecule is Cc1cccc(-c2n[nH]c(=S)n2CCC(=O)Nc2nc(-c3cc(C)c(C)cc3C)cs2)c1. The molecule has 0 fully saturated rings. The number of carbonyl (C=O) groups excluding carboxylic acids is 1. The van der Waals surface area contributed by atoms with Gasteiger partial charge in [-0.2, -0.15) is 5.10 Å². The van der Waals surface area contributed by atoms with Gasteiger partial charge >= 0.3 is 0 Å². The van der Waals surface area contributed by atoms with Gasteiger partial charge in [-0.15, -0.1) is 11.3 Å². The highest BCUT2D eigenvalue weighted by atomic mass is 32.1. The Balaban J connectivity index is 1.45. The number of thiazole rings is 1. The van der Waals surface area contributed by atoms with E-state index in [4.69, 9.17) is 12.2 Å². The zero-order valence-corrected chi connectivity index (χ0v) is 20.2. The molecule has 0 aliphatic carbocycles. The van der Waals surface area contributed by atoms with Crippen molar-refractivity contribution in [1.29, 1.82) is 0 Å². The number of aromatic amines is 1. The first-order chi connectivity index (χ1) is 15.3. The van der Waals surface area contributed by atoms with Gasteiger partial charge in [-0.1, -0.05) is 29.8 Å². The highest BCUT2D eigenvalue weighted by Crippen LogP contribution is 2.29. The van der Waals surface area contributed by atoms with Gasteiger partial charge in [0.2, 0.25) is 5.91 Å². The zero-order valence-electron chi connectivity index (χ0n) is 18.5. The molecule has 4 aromatic rings. The summed E-state index contributed by atoms with van der Waals surface area (Å²) in [5, 5.41) is 12.7. The fourth-order valence-corrected chi connectivity index (χ4v) is 4.57. The second kappa shape index (κ2) is 9.18. The van der Waals surface area contributed by atoms with Crippen LogP contribution in [0.1, 0.15) is 28.7 Å². The molecule has 8 heteroatoms. The van der Waals surface area contributed by atoms with Crippen LogP contribution in [0.4, 0.5) is 5.13 Å². The van der Waals surface area contributed by atoms with E-state index in [1.807, 2.05) is 41.1 Å². The predicted octanol–water partition coefficient (Wildman–Crippen LogP) is 5.99. The van der Waals surface area contributed by atoms with Crippen LogP contribution < -0.4 is 5.32 Å². The van der Waals surface area contributed by atoms with E-state index in [0.717, 1.165) is 28.2 Å². The number of hydrogen-bond donors (Lipinski definition) is 2. The van der Waals surface area contributed by atoms with Crippen molar-refractivity contribution >= 4 is 34.6 Å². The highest BCUT2D eigenvalue weighted by molar-refractivity contribution is 7.71. The van der Waals surface area contributed by atoms with Crippen LogP contribution >= 0.6 is 23.6 Å². The van der Waals surface area contributed by atoms with Crippen LogP contribution in [-0.4, -0.2) is 25.7 Å². The topological polar surface area (TPSA) is 75.6 Å². The monoisotopic (exact) mass is 463 g/mol. The van der Waals surface area contributed by atoms with Gasteiger partial charge in [0.1, 0.15) is 0 Å². The Morgan fingerprint density at radius 3 is 2.69 bits per heavy atom. The second-order valence-electron chi connectivity index (χ2n) is 7.96. The van der Waals surface area contributed by atoms with Crippen molar-refractivity contribution in [2.45, 2.75) is 40.7 Å². The van der Waals surface area contributed by atoms with E-state index < -0.39 is 0 Å². The molecule has 0 saturated heterocycles. The summed E-state index contributed by atoms with van der Waals surface area (Å²) in [6.07, 6.45) is 0.268. The molecule has 2 heterocycles. The fraction of sp³-hybridized carbons (Fsp3) is 0.250. The average Bonchev–Trinajstić information content (AvgIpc) is 3.35. The summed E-state index contributed by atoms with van der Waals surface area (Å²) in [7, 11) is 0. The van der Waals surface area contributed by atoms with E-state index in [0.29, 0.717) is 16.4 Å². The molecule has 1 amide bonds. The maximum absolute atomic E-state index is 12.6. The van der Waals surface area contributed by atoms with E-state index in [2.05, 4.69) is 53.4 Å². The van der Waals surface area contributed by atoms with Gasteiger partial charge < -0.3 is 5.32 Å². The Bertz CT molecular complexity index is 1350. The van der Waals surface area contributed by atoms with Crippen molar-refractivity contribution in [3.63, 3.8) is 0 Å². The first-order valence-electron chi connectivity index (χ1n) is 10.4. The van der Waals surface area contributed by atoms with Crippen LogP contribution in [0.3, 0.4) is 0 Å². The van der Waals surface area contributed by atoms with E-state index in [9.17, 15) is 4.79 Å². The molecule has 0 aliphatic heterocycles. The fourth-order valence-electron chi connectivity index (χ4n) is 3.62. The summed E-state index contributed by atoms with van der Waals surface area (Å²) in [6, 6.07) is 12.4. The first kappa shape index (κ1) is 22.1. The number of aromatic nitrogens is 4. The quantitative estimate of drug-likeness (QED) is 0.344. The number of aryl methyl sites for hydroxylation is 4. The Morgan fingerprint density at radius 1 is 1.12 bits per heavy atom. The third-order valence-electron chi connectivity index (χ3n) is 5.46. The van der Waals surface area contributed by atoms with Crippen molar-refractivity contribution in [1.82, 2.24) is 19.7 Å². The third-order valence-corrected chi connectivity index (χ3v) is 6.53. The number of anilines is 1. The number of H-pyrrole nitrogens is 1. The van der Waals surface area contributed by atoms with Gasteiger partial charge in [0.05, 0.1) is 5.69 Å². The van der Waals surface area contributed by atoms with E-state index in [1.54, 1.807) is 0 Å². The molecule has 0 atom stereocenters. The van der Waals surface area contributed by atoms with Crippen LogP contribution in [0.5, 0.6) is 0 Å². The molecular weight excluding hydrogens is 438 g/mol. The highest BCUT2D eigenvalue weighted by Gasteiger charge is 2.13. The molecule has 2 aromatic heterocycles. The maximum Gasteiger partial charge on any atom is 0.227 e. The van der Waals surface area contributed by atoms with Crippen LogP contribution in [0.15, 0.2) is 41.8 Å². The number of benzene rings is 2. The lowest BCUT2D eigenvalue weighted by atomic mass is 9.99. The Hall–Kier alpha value is -3.10. The summed E-state index contributed by atoms with van der Waals surface area (Å²) in [5.41, 5.74) is 7.74. The van der Waals surface area contributed by atoms with Crippen molar-refractivity contribution < 1.29 is 4.79 Å². The largest absolute Gasteiger partial charge is 0.302 e. The molecule has 0 bridgehead atoms. The molecular formula is C24H25N5OS2. The van der Waals surface area contributed by atoms with Crippen LogP contribution in [0, 0.1) is 32.5 Å². The maximum atomic E-state index is 12.6. The normalized spacial score (nSPS) is 11.0. The third kappa shape index (κ3) is 4.71. The smallest absolute Gasteiger partial charge is 0.227 e. The standard InChI is InChI=1S/C24H25N5OS2/c1-14-6-5-7-18(10-14)22-27-28-24(31)29(22)9-8-21(30)26-23-25-20(13-32-23)19-12-16(3)15(2)11-17(19)4/h5-7,10-13H,8-9H2,1-4H3,(H,28,31)(H,25,26,30). The summed E-state index contributed by atoms with van der Waals surface area (Å²) < 4.78 is 2.35. The summed E-state index contributed by atoms with van der Waals surface area (Å²) in [6.45, 7) is 8.75. The zero-order chi connectivity index (χ0) is 22.8. The Kier molecular flexibility index (Phi) is 6.34. The van der Waals surface area contributed by atoms with Gasteiger partial charge in [0.25, 0.3) is 0 Å². The molecule has 0 spiro atoms. The number of amides is 1.